The van der Waals surface area contributed by atoms with Gasteiger partial charge >= 0.3 is 0 Å². The van der Waals surface area contributed by atoms with Crippen molar-refractivity contribution in [1.29, 1.82) is 0 Å². The molecule has 14 heavy (non-hydrogen) atoms. The van der Waals surface area contributed by atoms with E-state index in [1.165, 1.54) is 25.8 Å². The van der Waals surface area contributed by atoms with Crippen molar-refractivity contribution in [3.8, 4) is 0 Å². The van der Waals surface area contributed by atoms with Crippen molar-refractivity contribution < 1.29 is 0 Å². The highest BCUT2D eigenvalue weighted by atomic mass is 15.2. The predicted molar refractivity (Wildman–Crippen MR) is 64.5 cm³/mol. The summed E-state index contributed by atoms with van der Waals surface area (Å²) in [5.74, 6) is 0.792. The van der Waals surface area contributed by atoms with Crippen LogP contribution in [-0.2, 0) is 0 Å². The van der Waals surface area contributed by atoms with E-state index in [1.807, 2.05) is 0 Å². The highest BCUT2D eigenvalue weighted by molar-refractivity contribution is 4.72. The molecule has 0 fully saturated rings. The van der Waals surface area contributed by atoms with Crippen LogP contribution in [0.2, 0.25) is 0 Å². The molecule has 0 aliphatic heterocycles. The van der Waals surface area contributed by atoms with E-state index >= 15 is 0 Å². The molecule has 0 bridgehead atoms. The predicted octanol–water partition coefficient (Wildman–Crippen LogP) is 2.48. The van der Waals surface area contributed by atoms with Crippen LogP contribution in [0.1, 0.15) is 47.0 Å². The monoisotopic (exact) mass is 200 g/mol. The molecule has 0 spiro atoms. The zero-order chi connectivity index (χ0) is 11.0. The van der Waals surface area contributed by atoms with Gasteiger partial charge in [0, 0.05) is 19.1 Å². The molecule has 0 aromatic carbocycles. The summed E-state index contributed by atoms with van der Waals surface area (Å²) in [5.41, 5.74) is 5.81. The molecule has 0 aliphatic carbocycles. The molecule has 0 saturated carbocycles. The Hall–Kier alpha value is -0.0800. The van der Waals surface area contributed by atoms with E-state index in [1.54, 1.807) is 0 Å². The first kappa shape index (κ1) is 13.9. The molecule has 2 unspecified atom stereocenters. The number of hydrogen-bond acceptors (Lipinski definition) is 2. The second-order valence-electron chi connectivity index (χ2n) is 4.28. The molecule has 86 valence electrons. The first-order valence-corrected chi connectivity index (χ1v) is 6.13. The van der Waals surface area contributed by atoms with E-state index in [4.69, 9.17) is 5.73 Å². The van der Waals surface area contributed by atoms with Crippen LogP contribution in [0.5, 0.6) is 0 Å². The number of likely N-dealkylation sites (N-methyl/N-ethyl adjacent to an activating group) is 1. The molecule has 0 heterocycles. The van der Waals surface area contributed by atoms with E-state index in [-0.39, 0.29) is 0 Å². The zero-order valence-corrected chi connectivity index (χ0v) is 10.4. The molecule has 0 amide bonds. The van der Waals surface area contributed by atoms with Crippen LogP contribution in [0.25, 0.3) is 0 Å². The van der Waals surface area contributed by atoms with Gasteiger partial charge in [0.15, 0.2) is 0 Å². The van der Waals surface area contributed by atoms with Gasteiger partial charge in [-0.25, -0.2) is 0 Å². The van der Waals surface area contributed by atoms with Crippen LogP contribution >= 0.6 is 0 Å². The van der Waals surface area contributed by atoms with Crippen LogP contribution in [0.3, 0.4) is 0 Å². The van der Waals surface area contributed by atoms with Crippen molar-refractivity contribution in [2.75, 3.05) is 19.6 Å². The average molecular weight is 200 g/mol. The quantitative estimate of drug-likeness (QED) is 0.652. The maximum Gasteiger partial charge on any atom is 0.0218 e. The van der Waals surface area contributed by atoms with Crippen molar-refractivity contribution in [2.24, 2.45) is 11.7 Å². The lowest BCUT2D eigenvalue weighted by Crippen LogP contribution is -2.42. The third-order valence-corrected chi connectivity index (χ3v) is 3.06. The van der Waals surface area contributed by atoms with Gasteiger partial charge in [-0.05, 0) is 18.9 Å². The normalized spacial score (nSPS) is 15.9. The summed E-state index contributed by atoms with van der Waals surface area (Å²) in [6.45, 7) is 12.2. The fourth-order valence-corrected chi connectivity index (χ4v) is 1.85. The molecule has 2 nitrogen and oxygen atoms in total. The SMILES string of the molecule is CCCC(CN)N(CC)CC(C)CC. The molecule has 2 N–H and O–H groups in total. The minimum absolute atomic E-state index is 0.596. The van der Waals surface area contributed by atoms with E-state index < -0.39 is 0 Å². The Kier molecular flexibility index (Phi) is 8.20. The van der Waals surface area contributed by atoms with Crippen molar-refractivity contribution in [1.82, 2.24) is 4.90 Å². The number of rotatable bonds is 8. The Morgan fingerprint density at radius 3 is 2.21 bits per heavy atom. The van der Waals surface area contributed by atoms with Crippen LogP contribution in [0, 0.1) is 5.92 Å². The molecule has 0 aromatic rings. The summed E-state index contributed by atoms with van der Waals surface area (Å²) >= 11 is 0. The summed E-state index contributed by atoms with van der Waals surface area (Å²) in [7, 11) is 0. The van der Waals surface area contributed by atoms with Gasteiger partial charge in [0.25, 0.3) is 0 Å². The third kappa shape index (κ3) is 4.97. The van der Waals surface area contributed by atoms with E-state index in [2.05, 4.69) is 32.6 Å². The summed E-state index contributed by atoms with van der Waals surface area (Å²) < 4.78 is 0. The van der Waals surface area contributed by atoms with Gasteiger partial charge in [-0.1, -0.05) is 40.5 Å². The molecule has 0 aromatic heterocycles. The van der Waals surface area contributed by atoms with Crippen LogP contribution in [0.4, 0.5) is 0 Å². The number of nitrogens with zero attached hydrogens (tertiary/aromatic N) is 1. The van der Waals surface area contributed by atoms with Crippen LogP contribution in [-0.4, -0.2) is 30.6 Å². The van der Waals surface area contributed by atoms with Crippen molar-refractivity contribution in [2.45, 2.75) is 53.0 Å². The van der Waals surface area contributed by atoms with Gasteiger partial charge in [-0.15, -0.1) is 0 Å². The van der Waals surface area contributed by atoms with Gasteiger partial charge in [0.2, 0.25) is 0 Å². The Balaban J connectivity index is 4.06. The van der Waals surface area contributed by atoms with Crippen molar-refractivity contribution in [3.63, 3.8) is 0 Å². The van der Waals surface area contributed by atoms with Crippen molar-refractivity contribution in [3.05, 3.63) is 0 Å². The van der Waals surface area contributed by atoms with Crippen LogP contribution in [0.15, 0.2) is 0 Å². The first-order valence-electron chi connectivity index (χ1n) is 6.13. The summed E-state index contributed by atoms with van der Waals surface area (Å²) in [6.07, 6.45) is 3.74. The van der Waals surface area contributed by atoms with E-state index in [0.717, 1.165) is 19.0 Å². The summed E-state index contributed by atoms with van der Waals surface area (Å²) in [5, 5.41) is 0. The standard InChI is InChI=1S/C12H28N2/c1-5-8-12(9-13)14(7-3)10-11(4)6-2/h11-12H,5-10,13H2,1-4H3. The van der Waals surface area contributed by atoms with Gasteiger partial charge in [-0.3, -0.25) is 4.90 Å². The molecular formula is C12H28N2. The molecule has 0 radical (unpaired) electrons. The lowest BCUT2D eigenvalue weighted by atomic mass is 10.1. The lowest BCUT2D eigenvalue weighted by Gasteiger charge is -2.31. The Labute approximate surface area is 89.9 Å². The smallest absolute Gasteiger partial charge is 0.0218 e. The fraction of sp³-hybridized carbons (Fsp3) is 1.00. The maximum atomic E-state index is 5.81. The van der Waals surface area contributed by atoms with Gasteiger partial charge in [0.1, 0.15) is 0 Å². The molecule has 2 heteroatoms. The molecule has 0 saturated heterocycles. The van der Waals surface area contributed by atoms with E-state index in [0.29, 0.717) is 6.04 Å². The Morgan fingerprint density at radius 2 is 1.86 bits per heavy atom. The second kappa shape index (κ2) is 8.25. The fourth-order valence-electron chi connectivity index (χ4n) is 1.85. The topological polar surface area (TPSA) is 29.3 Å². The molecule has 0 rings (SSSR count). The van der Waals surface area contributed by atoms with Gasteiger partial charge in [0.05, 0.1) is 0 Å². The average Bonchev–Trinajstić information content (AvgIpc) is 2.22. The minimum atomic E-state index is 0.596. The Morgan fingerprint density at radius 1 is 1.21 bits per heavy atom. The molecule has 2 atom stereocenters. The third-order valence-electron chi connectivity index (χ3n) is 3.06. The van der Waals surface area contributed by atoms with Gasteiger partial charge in [-0.2, -0.15) is 0 Å². The first-order chi connectivity index (χ1) is 6.69. The summed E-state index contributed by atoms with van der Waals surface area (Å²) in [4.78, 5) is 2.54. The molecular weight excluding hydrogens is 172 g/mol. The lowest BCUT2D eigenvalue weighted by molar-refractivity contribution is 0.172. The Bertz CT molecular complexity index is 125. The zero-order valence-electron chi connectivity index (χ0n) is 10.4. The maximum absolute atomic E-state index is 5.81. The second-order valence-corrected chi connectivity index (χ2v) is 4.28. The minimum Gasteiger partial charge on any atom is -0.329 e. The van der Waals surface area contributed by atoms with E-state index in [9.17, 15) is 0 Å². The highest BCUT2D eigenvalue weighted by Crippen LogP contribution is 2.10. The largest absolute Gasteiger partial charge is 0.329 e. The van der Waals surface area contributed by atoms with Gasteiger partial charge < -0.3 is 5.73 Å². The van der Waals surface area contributed by atoms with Crippen molar-refractivity contribution >= 4 is 0 Å². The number of hydrogen-bond donors (Lipinski definition) is 1. The number of nitrogens with two attached hydrogens (primary N) is 1. The summed E-state index contributed by atoms with van der Waals surface area (Å²) in [6, 6.07) is 0.596. The highest BCUT2D eigenvalue weighted by Gasteiger charge is 2.16. The van der Waals surface area contributed by atoms with Crippen LogP contribution < -0.4 is 5.73 Å². The molecule has 0 aliphatic rings.